The summed E-state index contributed by atoms with van der Waals surface area (Å²) in [5, 5.41) is 15.2. The molecule has 0 radical (unpaired) electrons. The minimum absolute atomic E-state index is 0.296. The van der Waals surface area contributed by atoms with Crippen LogP contribution in [0.5, 0.6) is 0 Å². The van der Waals surface area contributed by atoms with Crippen molar-refractivity contribution in [2.45, 2.75) is 17.4 Å². The quantitative estimate of drug-likeness (QED) is 0.672. The van der Waals surface area contributed by atoms with Crippen LogP contribution in [0.4, 0.5) is 0 Å². The second kappa shape index (κ2) is 2.82. The Hall–Kier alpha value is -0.970. The summed E-state index contributed by atoms with van der Waals surface area (Å²) in [5.74, 6) is -0.00130. The molecule has 0 amide bonds. The molecule has 2 N–H and O–H groups in total. The molecule has 0 fully saturated rings. The van der Waals surface area contributed by atoms with Crippen molar-refractivity contribution in [3.05, 3.63) is 17.5 Å². The van der Waals surface area contributed by atoms with Crippen molar-refractivity contribution in [3.63, 3.8) is 0 Å². The van der Waals surface area contributed by atoms with Crippen molar-refractivity contribution in [2.75, 3.05) is 0 Å². The predicted molar refractivity (Wildman–Crippen MR) is 45.0 cm³/mol. The SMILES string of the molecule is O=C(O)[C@H]1Cc2cn[nH]c2CS1. The Morgan fingerprint density at radius 1 is 1.83 bits per heavy atom. The molecule has 0 aliphatic carbocycles. The highest BCUT2D eigenvalue weighted by molar-refractivity contribution is 7.99. The lowest BCUT2D eigenvalue weighted by molar-refractivity contribution is -0.136. The van der Waals surface area contributed by atoms with E-state index in [4.69, 9.17) is 5.11 Å². The molecule has 1 aromatic rings. The van der Waals surface area contributed by atoms with Gasteiger partial charge in [0.1, 0.15) is 5.25 Å². The van der Waals surface area contributed by atoms with Gasteiger partial charge in [0, 0.05) is 11.4 Å². The first-order valence-corrected chi connectivity index (χ1v) is 4.68. The van der Waals surface area contributed by atoms with Crippen LogP contribution in [0.15, 0.2) is 6.20 Å². The third kappa shape index (κ3) is 1.20. The van der Waals surface area contributed by atoms with Gasteiger partial charge in [-0.15, -0.1) is 11.8 Å². The molecule has 12 heavy (non-hydrogen) atoms. The maximum atomic E-state index is 10.6. The van der Waals surface area contributed by atoms with Gasteiger partial charge in [-0.2, -0.15) is 5.10 Å². The molecule has 64 valence electrons. The van der Waals surface area contributed by atoms with Crippen LogP contribution in [0.1, 0.15) is 11.3 Å². The molecule has 0 bridgehead atoms. The van der Waals surface area contributed by atoms with Crippen LogP contribution in [0.3, 0.4) is 0 Å². The first kappa shape index (κ1) is 7.67. The fraction of sp³-hybridized carbons (Fsp3) is 0.429. The van der Waals surface area contributed by atoms with E-state index in [-0.39, 0.29) is 5.25 Å². The van der Waals surface area contributed by atoms with E-state index >= 15 is 0 Å². The molecular weight excluding hydrogens is 176 g/mol. The number of nitrogens with one attached hydrogen (secondary N) is 1. The number of aromatic amines is 1. The molecule has 2 heterocycles. The number of aliphatic carboxylic acids is 1. The Balaban J connectivity index is 2.20. The number of H-pyrrole nitrogens is 1. The third-order valence-corrected chi connectivity index (χ3v) is 3.14. The summed E-state index contributed by atoms with van der Waals surface area (Å²) in [5.41, 5.74) is 2.11. The van der Waals surface area contributed by atoms with E-state index in [2.05, 4.69) is 10.2 Å². The van der Waals surface area contributed by atoms with Gasteiger partial charge in [0.05, 0.1) is 6.20 Å². The van der Waals surface area contributed by atoms with Crippen LogP contribution in [-0.4, -0.2) is 26.5 Å². The zero-order valence-corrected chi connectivity index (χ0v) is 7.10. The lowest BCUT2D eigenvalue weighted by Gasteiger charge is -2.16. The van der Waals surface area contributed by atoms with E-state index in [1.165, 1.54) is 11.8 Å². The van der Waals surface area contributed by atoms with Gasteiger partial charge in [-0.25, -0.2) is 0 Å². The van der Waals surface area contributed by atoms with Crippen LogP contribution in [0.25, 0.3) is 0 Å². The van der Waals surface area contributed by atoms with Gasteiger partial charge >= 0.3 is 5.97 Å². The average Bonchev–Trinajstić information content (AvgIpc) is 2.49. The highest BCUT2D eigenvalue weighted by Crippen LogP contribution is 2.28. The first-order chi connectivity index (χ1) is 5.77. The fourth-order valence-electron chi connectivity index (χ4n) is 1.24. The molecule has 1 aromatic heterocycles. The van der Waals surface area contributed by atoms with Crippen molar-refractivity contribution in [2.24, 2.45) is 0 Å². The van der Waals surface area contributed by atoms with Gasteiger partial charge < -0.3 is 5.11 Å². The number of rotatable bonds is 1. The molecule has 1 aliphatic heterocycles. The van der Waals surface area contributed by atoms with Crippen LogP contribution >= 0.6 is 11.8 Å². The van der Waals surface area contributed by atoms with Gasteiger partial charge in [0.2, 0.25) is 0 Å². The van der Waals surface area contributed by atoms with Gasteiger partial charge in [-0.1, -0.05) is 0 Å². The van der Waals surface area contributed by atoms with E-state index in [9.17, 15) is 4.79 Å². The molecule has 4 nitrogen and oxygen atoms in total. The Morgan fingerprint density at radius 3 is 3.42 bits per heavy atom. The molecular formula is C7H8N2O2S. The van der Waals surface area contributed by atoms with Crippen LogP contribution in [0, 0.1) is 0 Å². The minimum atomic E-state index is -0.730. The Morgan fingerprint density at radius 2 is 2.67 bits per heavy atom. The second-order valence-electron chi connectivity index (χ2n) is 2.72. The Bertz CT molecular complexity index is 310. The van der Waals surface area contributed by atoms with E-state index < -0.39 is 5.97 Å². The molecule has 0 unspecified atom stereocenters. The molecule has 1 atom stereocenters. The van der Waals surface area contributed by atoms with E-state index in [0.717, 1.165) is 17.0 Å². The molecule has 2 rings (SSSR count). The van der Waals surface area contributed by atoms with Crippen LogP contribution < -0.4 is 0 Å². The van der Waals surface area contributed by atoms with Gasteiger partial charge in [-0.3, -0.25) is 9.89 Å². The molecule has 0 aromatic carbocycles. The standard InChI is InChI=1S/C7H8N2O2S/c10-7(11)6-1-4-2-8-9-5(4)3-12-6/h2,6H,1,3H2,(H,8,9)(H,10,11)/t6-/m1/s1. The normalized spacial score (nSPS) is 21.8. The number of aromatic nitrogens is 2. The number of hydrogen-bond acceptors (Lipinski definition) is 3. The van der Waals surface area contributed by atoms with E-state index in [1.54, 1.807) is 6.20 Å². The number of nitrogens with zero attached hydrogens (tertiary/aromatic N) is 1. The lowest BCUT2D eigenvalue weighted by atomic mass is 10.1. The summed E-state index contributed by atoms with van der Waals surface area (Å²) < 4.78 is 0. The zero-order valence-electron chi connectivity index (χ0n) is 6.28. The fourth-order valence-corrected chi connectivity index (χ4v) is 2.30. The maximum Gasteiger partial charge on any atom is 0.316 e. The number of carbonyl (C=O) groups is 1. The molecule has 0 saturated carbocycles. The molecule has 0 saturated heterocycles. The number of hydrogen-bond donors (Lipinski definition) is 2. The van der Waals surface area contributed by atoms with Gasteiger partial charge in [0.15, 0.2) is 0 Å². The van der Waals surface area contributed by atoms with Gasteiger partial charge in [-0.05, 0) is 12.0 Å². The predicted octanol–water partition coefficient (Wildman–Crippen LogP) is 0.652. The smallest absolute Gasteiger partial charge is 0.316 e. The van der Waals surface area contributed by atoms with E-state index in [1.807, 2.05) is 0 Å². The third-order valence-electron chi connectivity index (χ3n) is 1.92. The lowest BCUT2D eigenvalue weighted by Crippen LogP contribution is -2.22. The summed E-state index contributed by atoms with van der Waals surface area (Å²) in [6.07, 6.45) is 2.30. The van der Waals surface area contributed by atoms with Crippen molar-refractivity contribution in [3.8, 4) is 0 Å². The number of carboxylic acids is 1. The van der Waals surface area contributed by atoms with Gasteiger partial charge in [0.25, 0.3) is 0 Å². The number of thioether (sulfide) groups is 1. The van der Waals surface area contributed by atoms with Crippen LogP contribution in [0.2, 0.25) is 0 Å². The summed E-state index contributed by atoms with van der Waals surface area (Å²) in [7, 11) is 0. The molecule has 5 heteroatoms. The molecule has 1 aliphatic rings. The number of carboxylic acid groups (broad SMARTS) is 1. The highest BCUT2D eigenvalue weighted by Gasteiger charge is 2.25. The Labute approximate surface area is 73.4 Å². The number of fused-ring (bicyclic) bond motifs is 1. The molecule has 0 spiro atoms. The summed E-state index contributed by atoms with van der Waals surface area (Å²) in [4.78, 5) is 10.6. The zero-order chi connectivity index (χ0) is 8.55. The highest BCUT2D eigenvalue weighted by atomic mass is 32.2. The van der Waals surface area contributed by atoms with E-state index in [0.29, 0.717) is 6.42 Å². The average molecular weight is 184 g/mol. The summed E-state index contributed by atoms with van der Waals surface area (Å²) in [6, 6.07) is 0. The largest absolute Gasteiger partial charge is 0.480 e. The minimum Gasteiger partial charge on any atom is -0.480 e. The summed E-state index contributed by atoms with van der Waals surface area (Å²) in [6.45, 7) is 0. The monoisotopic (exact) mass is 184 g/mol. The van der Waals surface area contributed by atoms with Crippen molar-refractivity contribution in [1.29, 1.82) is 0 Å². The van der Waals surface area contributed by atoms with Crippen molar-refractivity contribution >= 4 is 17.7 Å². The topological polar surface area (TPSA) is 66.0 Å². The van der Waals surface area contributed by atoms with Crippen molar-refractivity contribution in [1.82, 2.24) is 10.2 Å². The first-order valence-electron chi connectivity index (χ1n) is 3.63. The second-order valence-corrected chi connectivity index (χ2v) is 3.91. The van der Waals surface area contributed by atoms with Crippen molar-refractivity contribution < 1.29 is 9.90 Å². The summed E-state index contributed by atoms with van der Waals surface area (Å²) >= 11 is 1.45. The Kier molecular flexibility index (Phi) is 1.80. The van der Waals surface area contributed by atoms with Crippen LogP contribution in [-0.2, 0) is 17.0 Å². The maximum absolute atomic E-state index is 10.6.